The first-order chi connectivity index (χ1) is 4.31. The summed E-state index contributed by atoms with van der Waals surface area (Å²) in [5, 5.41) is 3.24. The largest absolute Gasteiger partial charge is 0.311 e. The van der Waals surface area contributed by atoms with Crippen LogP contribution in [0.4, 0.5) is 0 Å². The van der Waals surface area contributed by atoms with E-state index in [1.54, 1.807) is 0 Å². The SMILES string of the molecule is C=CCNC(C)CC=C. The lowest BCUT2D eigenvalue weighted by Crippen LogP contribution is -2.24. The van der Waals surface area contributed by atoms with E-state index in [2.05, 4.69) is 25.4 Å². The molecule has 0 aromatic carbocycles. The van der Waals surface area contributed by atoms with Crippen molar-refractivity contribution in [2.24, 2.45) is 0 Å². The smallest absolute Gasteiger partial charge is 0.0134 e. The first kappa shape index (κ1) is 8.44. The second-order valence-electron chi connectivity index (χ2n) is 2.12. The molecule has 0 radical (unpaired) electrons. The van der Waals surface area contributed by atoms with Crippen LogP contribution in [-0.4, -0.2) is 12.6 Å². The molecular formula is C8H15N. The summed E-state index contributed by atoms with van der Waals surface area (Å²) < 4.78 is 0. The van der Waals surface area contributed by atoms with Gasteiger partial charge >= 0.3 is 0 Å². The highest BCUT2D eigenvalue weighted by Gasteiger charge is 1.92. The minimum absolute atomic E-state index is 0.528. The normalized spacial score (nSPS) is 12.6. The van der Waals surface area contributed by atoms with Gasteiger partial charge in [-0.25, -0.2) is 0 Å². The standard InChI is InChI=1S/C8H15N/c1-4-6-8(3)9-7-5-2/h4-5,8-9H,1-2,6-7H2,3H3. The van der Waals surface area contributed by atoms with Gasteiger partial charge in [0, 0.05) is 12.6 Å². The summed E-state index contributed by atoms with van der Waals surface area (Å²) in [7, 11) is 0. The van der Waals surface area contributed by atoms with Gasteiger partial charge in [-0.3, -0.25) is 0 Å². The van der Waals surface area contributed by atoms with Crippen LogP contribution in [0.5, 0.6) is 0 Å². The van der Waals surface area contributed by atoms with Gasteiger partial charge < -0.3 is 5.32 Å². The van der Waals surface area contributed by atoms with Crippen LogP contribution in [0, 0.1) is 0 Å². The zero-order chi connectivity index (χ0) is 7.11. The summed E-state index contributed by atoms with van der Waals surface area (Å²) >= 11 is 0. The molecule has 52 valence electrons. The number of hydrogen-bond donors (Lipinski definition) is 1. The van der Waals surface area contributed by atoms with Gasteiger partial charge in [-0.1, -0.05) is 12.2 Å². The van der Waals surface area contributed by atoms with Crippen molar-refractivity contribution in [1.82, 2.24) is 5.32 Å². The predicted octanol–water partition coefficient (Wildman–Crippen LogP) is 1.73. The highest BCUT2D eigenvalue weighted by atomic mass is 14.9. The molecule has 0 aliphatic rings. The summed E-state index contributed by atoms with van der Waals surface area (Å²) in [4.78, 5) is 0. The van der Waals surface area contributed by atoms with Gasteiger partial charge in [0.25, 0.3) is 0 Å². The van der Waals surface area contributed by atoms with Crippen molar-refractivity contribution in [3.05, 3.63) is 25.3 Å². The van der Waals surface area contributed by atoms with Crippen LogP contribution in [0.25, 0.3) is 0 Å². The van der Waals surface area contributed by atoms with Crippen LogP contribution in [0.3, 0.4) is 0 Å². The van der Waals surface area contributed by atoms with Crippen molar-refractivity contribution in [3.8, 4) is 0 Å². The second-order valence-corrected chi connectivity index (χ2v) is 2.12. The lowest BCUT2D eigenvalue weighted by atomic mass is 10.2. The average molecular weight is 125 g/mol. The Kier molecular flexibility index (Phi) is 5.23. The Morgan fingerprint density at radius 1 is 1.44 bits per heavy atom. The molecule has 1 heteroatoms. The van der Waals surface area contributed by atoms with Gasteiger partial charge in [-0.15, -0.1) is 13.2 Å². The molecule has 0 rings (SSSR count). The monoisotopic (exact) mass is 125 g/mol. The van der Waals surface area contributed by atoms with Crippen LogP contribution in [-0.2, 0) is 0 Å². The highest BCUT2D eigenvalue weighted by molar-refractivity contribution is 4.78. The van der Waals surface area contributed by atoms with Crippen molar-refractivity contribution in [1.29, 1.82) is 0 Å². The van der Waals surface area contributed by atoms with Crippen LogP contribution in [0.2, 0.25) is 0 Å². The minimum atomic E-state index is 0.528. The molecule has 0 heterocycles. The Labute approximate surface area is 57.5 Å². The second kappa shape index (κ2) is 5.57. The fraction of sp³-hybridized carbons (Fsp3) is 0.500. The van der Waals surface area contributed by atoms with Crippen molar-refractivity contribution in [2.75, 3.05) is 6.54 Å². The molecule has 1 atom stereocenters. The highest BCUT2D eigenvalue weighted by Crippen LogP contribution is 1.88. The third-order valence-electron chi connectivity index (χ3n) is 1.13. The lowest BCUT2D eigenvalue weighted by molar-refractivity contribution is 0.591. The maximum Gasteiger partial charge on any atom is 0.0134 e. The van der Waals surface area contributed by atoms with Crippen LogP contribution < -0.4 is 5.32 Å². The summed E-state index contributed by atoms with van der Waals surface area (Å²) in [5.74, 6) is 0. The molecule has 9 heavy (non-hydrogen) atoms. The fourth-order valence-corrected chi connectivity index (χ4v) is 0.618. The Bertz CT molecular complexity index is 86.6. The van der Waals surface area contributed by atoms with Crippen molar-refractivity contribution >= 4 is 0 Å². The molecule has 0 aliphatic heterocycles. The van der Waals surface area contributed by atoms with E-state index in [1.807, 2.05) is 12.2 Å². The molecule has 1 nitrogen and oxygen atoms in total. The number of hydrogen-bond acceptors (Lipinski definition) is 1. The van der Waals surface area contributed by atoms with E-state index in [9.17, 15) is 0 Å². The Hall–Kier alpha value is -0.560. The van der Waals surface area contributed by atoms with Crippen LogP contribution in [0.1, 0.15) is 13.3 Å². The van der Waals surface area contributed by atoms with Crippen molar-refractivity contribution in [3.63, 3.8) is 0 Å². The van der Waals surface area contributed by atoms with E-state index in [4.69, 9.17) is 0 Å². The first-order valence-electron chi connectivity index (χ1n) is 3.26. The van der Waals surface area contributed by atoms with Crippen molar-refractivity contribution in [2.45, 2.75) is 19.4 Å². The van der Waals surface area contributed by atoms with Crippen LogP contribution in [0.15, 0.2) is 25.3 Å². The van der Waals surface area contributed by atoms with E-state index >= 15 is 0 Å². The van der Waals surface area contributed by atoms with Gasteiger partial charge in [-0.05, 0) is 13.3 Å². The van der Waals surface area contributed by atoms with E-state index in [-0.39, 0.29) is 0 Å². The van der Waals surface area contributed by atoms with Gasteiger partial charge in [0.2, 0.25) is 0 Å². The summed E-state index contributed by atoms with van der Waals surface area (Å²) in [6, 6.07) is 0.528. The first-order valence-corrected chi connectivity index (χ1v) is 3.26. The van der Waals surface area contributed by atoms with Crippen LogP contribution >= 0.6 is 0 Å². The summed E-state index contributed by atoms with van der Waals surface area (Å²) in [5.41, 5.74) is 0. The molecular weight excluding hydrogens is 110 g/mol. The molecule has 0 fully saturated rings. The van der Waals surface area contributed by atoms with Gasteiger partial charge in [-0.2, -0.15) is 0 Å². The summed E-state index contributed by atoms with van der Waals surface area (Å²) in [6.45, 7) is 10.3. The van der Waals surface area contributed by atoms with E-state index < -0.39 is 0 Å². The minimum Gasteiger partial charge on any atom is -0.311 e. The van der Waals surface area contributed by atoms with Gasteiger partial charge in [0.1, 0.15) is 0 Å². The molecule has 0 aliphatic carbocycles. The zero-order valence-electron chi connectivity index (χ0n) is 6.06. The van der Waals surface area contributed by atoms with E-state index in [1.165, 1.54) is 0 Å². The third-order valence-corrected chi connectivity index (χ3v) is 1.13. The summed E-state index contributed by atoms with van der Waals surface area (Å²) in [6.07, 6.45) is 4.80. The maximum absolute atomic E-state index is 3.64. The average Bonchev–Trinajstić information content (AvgIpc) is 1.85. The van der Waals surface area contributed by atoms with Gasteiger partial charge in [0.05, 0.1) is 0 Å². The lowest BCUT2D eigenvalue weighted by Gasteiger charge is -2.07. The Morgan fingerprint density at radius 2 is 2.11 bits per heavy atom. The molecule has 0 saturated carbocycles. The number of nitrogens with one attached hydrogen (secondary N) is 1. The number of rotatable bonds is 5. The van der Waals surface area contributed by atoms with E-state index in [0.717, 1.165) is 13.0 Å². The zero-order valence-corrected chi connectivity index (χ0v) is 6.06. The molecule has 0 aromatic rings. The third kappa shape index (κ3) is 5.31. The topological polar surface area (TPSA) is 12.0 Å². The van der Waals surface area contributed by atoms with Gasteiger partial charge in [0.15, 0.2) is 0 Å². The van der Waals surface area contributed by atoms with Crippen molar-refractivity contribution < 1.29 is 0 Å². The Morgan fingerprint density at radius 3 is 2.56 bits per heavy atom. The quantitative estimate of drug-likeness (QED) is 0.552. The van der Waals surface area contributed by atoms with E-state index in [0.29, 0.717) is 6.04 Å². The molecule has 1 unspecified atom stereocenters. The molecule has 1 N–H and O–H groups in total. The molecule has 0 amide bonds. The maximum atomic E-state index is 3.64. The molecule has 0 aromatic heterocycles. The Balaban J connectivity index is 3.14. The fourth-order valence-electron chi connectivity index (χ4n) is 0.618. The molecule has 0 spiro atoms. The molecule has 0 bridgehead atoms. The molecule has 0 saturated heterocycles. The predicted molar refractivity (Wildman–Crippen MR) is 42.5 cm³/mol.